The smallest absolute Gasteiger partial charge is 0.0844 e. The molecule has 4 atom stereocenters. The molecule has 160 valence electrons. The predicted molar refractivity (Wildman–Crippen MR) is 113 cm³/mol. The molecule has 3 nitrogen and oxygen atoms in total. The largest absolute Gasteiger partial charge is 0.382 e. The van der Waals surface area contributed by atoms with Gasteiger partial charge in [0.25, 0.3) is 0 Å². The highest BCUT2D eigenvalue weighted by Gasteiger charge is 2.44. The van der Waals surface area contributed by atoms with Gasteiger partial charge in [0.15, 0.2) is 0 Å². The number of epoxide rings is 1. The summed E-state index contributed by atoms with van der Waals surface area (Å²) in [4.78, 5) is 0. The summed E-state index contributed by atoms with van der Waals surface area (Å²) in [6, 6.07) is 0. The molecule has 4 unspecified atom stereocenters. The minimum Gasteiger partial charge on any atom is -0.382 e. The van der Waals surface area contributed by atoms with Gasteiger partial charge in [0.05, 0.1) is 31.0 Å². The standard InChI is InChI=1S/C24H46O3/c1-5-6-7-8-9-10-11-15-24(20(2)3,26-18-17-25-4)16-14-21-12-13-22-23(19-21)27-22/h20-23H,5-19H2,1-4H3. The first-order chi connectivity index (χ1) is 13.1. The van der Waals surface area contributed by atoms with E-state index in [1.807, 2.05) is 0 Å². The fourth-order valence-corrected chi connectivity index (χ4v) is 4.92. The first-order valence-electron chi connectivity index (χ1n) is 11.9. The van der Waals surface area contributed by atoms with Gasteiger partial charge in [0, 0.05) is 7.11 Å². The molecule has 3 heteroatoms. The van der Waals surface area contributed by atoms with E-state index in [4.69, 9.17) is 14.2 Å². The van der Waals surface area contributed by atoms with Gasteiger partial charge in [-0.2, -0.15) is 0 Å². The maximum absolute atomic E-state index is 6.55. The van der Waals surface area contributed by atoms with Crippen LogP contribution in [0.5, 0.6) is 0 Å². The van der Waals surface area contributed by atoms with Gasteiger partial charge < -0.3 is 14.2 Å². The van der Waals surface area contributed by atoms with Gasteiger partial charge in [-0.15, -0.1) is 0 Å². The molecule has 1 heterocycles. The third-order valence-corrected chi connectivity index (χ3v) is 7.02. The van der Waals surface area contributed by atoms with Crippen LogP contribution in [0.4, 0.5) is 0 Å². The number of methoxy groups -OCH3 is 1. The van der Waals surface area contributed by atoms with E-state index < -0.39 is 0 Å². The van der Waals surface area contributed by atoms with Crippen LogP contribution >= 0.6 is 0 Å². The molecular formula is C24H46O3. The summed E-state index contributed by atoms with van der Waals surface area (Å²) in [6.07, 6.45) is 18.4. The van der Waals surface area contributed by atoms with E-state index >= 15 is 0 Å². The summed E-state index contributed by atoms with van der Waals surface area (Å²) in [5, 5.41) is 0. The molecule has 0 spiro atoms. The Balaban J connectivity index is 1.79. The Morgan fingerprint density at radius 2 is 1.67 bits per heavy atom. The number of ether oxygens (including phenoxy) is 3. The van der Waals surface area contributed by atoms with Crippen molar-refractivity contribution in [3.63, 3.8) is 0 Å². The van der Waals surface area contributed by atoms with Gasteiger partial charge >= 0.3 is 0 Å². The van der Waals surface area contributed by atoms with Gasteiger partial charge in [0.1, 0.15) is 0 Å². The Hall–Kier alpha value is -0.120. The van der Waals surface area contributed by atoms with Gasteiger partial charge in [-0.05, 0) is 50.4 Å². The molecule has 1 saturated heterocycles. The normalized spacial score (nSPS) is 26.8. The van der Waals surface area contributed by atoms with Crippen molar-refractivity contribution in [3.8, 4) is 0 Å². The number of rotatable bonds is 16. The summed E-state index contributed by atoms with van der Waals surface area (Å²) in [5.74, 6) is 1.40. The average molecular weight is 383 g/mol. The molecule has 27 heavy (non-hydrogen) atoms. The van der Waals surface area contributed by atoms with Crippen molar-refractivity contribution >= 4 is 0 Å². The molecule has 0 radical (unpaired) electrons. The lowest BCUT2D eigenvalue weighted by Gasteiger charge is -2.39. The Bertz CT molecular complexity index is 384. The Morgan fingerprint density at radius 1 is 0.926 bits per heavy atom. The second kappa shape index (κ2) is 12.4. The van der Waals surface area contributed by atoms with Crippen LogP contribution in [0.15, 0.2) is 0 Å². The van der Waals surface area contributed by atoms with Crippen LogP contribution in [0.2, 0.25) is 0 Å². The topological polar surface area (TPSA) is 31.0 Å². The molecule has 0 amide bonds. The first-order valence-corrected chi connectivity index (χ1v) is 11.9. The zero-order valence-corrected chi connectivity index (χ0v) is 18.6. The van der Waals surface area contributed by atoms with Gasteiger partial charge in [0.2, 0.25) is 0 Å². The molecule has 0 aromatic rings. The van der Waals surface area contributed by atoms with Crippen LogP contribution in [-0.2, 0) is 14.2 Å². The lowest BCUT2D eigenvalue weighted by Crippen LogP contribution is -2.40. The van der Waals surface area contributed by atoms with Crippen LogP contribution in [-0.4, -0.2) is 38.1 Å². The van der Waals surface area contributed by atoms with Crippen LogP contribution in [0.1, 0.15) is 104 Å². The molecule has 0 aromatic heterocycles. The minimum absolute atomic E-state index is 0.0310. The summed E-state index contributed by atoms with van der Waals surface area (Å²) in [6.45, 7) is 8.43. The Kier molecular flexibility index (Phi) is 10.7. The van der Waals surface area contributed by atoms with Gasteiger partial charge in [-0.1, -0.05) is 65.7 Å². The van der Waals surface area contributed by atoms with Crippen molar-refractivity contribution in [2.24, 2.45) is 11.8 Å². The van der Waals surface area contributed by atoms with E-state index in [1.54, 1.807) is 7.11 Å². The van der Waals surface area contributed by atoms with Gasteiger partial charge in [-0.3, -0.25) is 0 Å². The van der Waals surface area contributed by atoms with Crippen molar-refractivity contribution < 1.29 is 14.2 Å². The van der Waals surface area contributed by atoms with Crippen LogP contribution in [0.25, 0.3) is 0 Å². The molecule has 1 aliphatic heterocycles. The maximum Gasteiger partial charge on any atom is 0.0844 e. The highest BCUT2D eigenvalue weighted by molar-refractivity contribution is 4.93. The van der Waals surface area contributed by atoms with Crippen molar-refractivity contribution in [3.05, 3.63) is 0 Å². The third kappa shape index (κ3) is 8.03. The molecule has 0 bridgehead atoms. The maximum atomic E-state index is 6.55. The van der Waals surface area contributed by atoms with E-state index in [-0.39, 0.29) is 5.60 Å². The molecule has 2 aliphatic rings. The number of unbranched alkanes of at least 4 members (excludes halogenated alkanes) is 6. The van der Waals surface area contributed by atoms with Crippen LogP contribution in [0.3, 0.4) is 0 Å². The van der Waals surface area contributed by atoms with Crippen molar-refractivity contribution in [2.75, 3.05) is 20.3 Å². The summed E-state index contributed by atoms with van der Waals surface area (Å²) in [7, 11) is 1.77. The zero-order valence-electron chi connectivity index (χ0n) is 18.6. The molecule has 2 rings (SSSR count). The Morgan fingerprint density at radius 3 is 2.33 bits per heavy atom. The van der Waals surface area contributed by atoms with E-state index in [1.165, 1.54) is 83.5 Å². The monoisotopic (exact) mass is 382 g/mol. The van der Waals surface area contributed by atoms with Crippen LogP contribution in [0, 0.1) is 11.8 Å². The third-order valence-electron chi connectivity index (χ3n) is 7.02. The number of fused-ring (bicyclic) bond motifs is 1. The predicted octanol–water partition coefficient (Wildman–Crippen LogP) is 6.53. The number of hydrogen-bond acceptors (Lipinski definition) is 3. The van der Waals surface area contributed by atoms with E-state index in [0.29, 0.717) is 24.7 Å². The summed E-state index contributed by atoms with van der Waals surface area (Å²) in [5.41, 5.74) is 0.0310. The average Bonchev–Trinajstić information content (AvgIpc) is 3.43. The van der Waals surface area contributed by atoms with Gasteiger partial charge in [-0.25, -0.2) is 0 Å². The minimum atomic E-state index is 0.0310. The van der Waals surface area contributed by atoms with E-state index in [9.17, 15) is 0 Å². The van der Waals surface area contributed by atoms with Crippen molar-refractivity contribution in [1.29, 1.82) is 0 Å². The molecule has 1 aliphatic carbocycles. The second-order valence-corrected chi connectivity index (χ2v) is 9.36. The Labute approximate surface area is 168 Å². The lowest BCUT2D eigenvalue weighted by atomic mass is 9.77. The lowest BCUT2D eigenvalue weighted by molar-refractivity contribution is -0.106. The second-order valence-electron chi connectivity index (χ2n) is 9.36. The van der Waals surface area contributed by atoms with E-state index in [2.05, 4.69) is 20.8 Å². The number of hydrogen-bond donors (Lipinski definition) is 0. The highest BCUT2D eigenvalue weighted by atomic mass is 16.6. The summed E-state index contributed by atoms with van der Waals surface area (Å²) < 4.78 is 17.6. The van der Waals surface area contributed by atoms with Crippen molar-refractivity contribution in [2.45, 2.75) is 122 Å². The zero-order chi connectivity index (χ0) is 19.5. The molecule has 1 saturated carbocycles. The van der Waals surface area contributed by atoms with E-state index in [0.717, 1.165) is 12.5 Å². The fraction of sp³-hybridized carbons (Fsp3) is 1.00. The SMILES string of the molecule is CCCCCCCCCC(CCC1CCC2OC2C1)(OCCOC)C(C)C. The highest BCUT2D eigenvalue weighted by Crippen LogP contribution is 2.43. The first kappa shape index (κ1) is 23.2. The fourth-order valence-electron chi connectivity index (χ4n) is 4.92. The molecule has 0 aromatic carbocycles. The van der Waals surface area contributed by atoms with Crippen molar-refractivity contribution in [1.82, 2.24) is 0 Å². The van der Waals surface area contributed by atoms with Crippen LogP contribution < -0.4 is 0 Å². The molecule has 0 N–H and O–H groups in total. The quantitative estimate of drug-likeness (QED) is 0.224. The molecular weight excluding hydrogens is 336 g/mol. The molecule has 2 fully saturated rings. The summed E-state index contributed by atoms with van der Waals surface area (Å²) >= 11 is 0.